The number of hydrogen-bond donors (Lipinski definition) is 1. The molecule has 1 N–H and O–H groups in total. The minimum absolute atomic E-state index is 0.0194. The summed E-state index contributed by atoms with van der Waals surface area (Å²) in [5.74, 6) is 0.896. The third kappa shape index (κ3) is 1.57. The van der Waals surface area contributed by atoms with E-state index in [4.69, 9.17) is 4.74 Å². The lowest BCUT2D eigenvalue weighted by Gasteiger charge is -2.35. The Labute approximate surface area is 111 Å². The molecule has 0 radical (unpaired) electrons. The van der Waals surface area contributed by atoms with E-state index in [9.17, 15) is 4.79 Å². The van der Waals surface area contributed by atoms with Crippen LogP contribution in [0.2, 0.25) is 0 Å². The Balaban J connectivity index is 2.05. The average molecular weight is 264 g/mol. The third-order valence-electron chi connectivity index (χ3n) is 3.44. The monoisotopic (exact) mass is 264 g/mol. The summed E-state index contributed by atoms with van der Waals surface area (Å²) >= 11 is 1.71. The van der Waals surface area contributed by atoms with Crippen LogP contribution in [0.5, 0.6) is 5.75 Å². The molecule has 0 aliphatic carbocycles. The van der Waals surface area contributed by atoms with E-state index in [1.807, 2.05) is 17.0 Å². The largest absolute Gasteiger partial charge is 0.496 e. The van der Waals surface area contributed by atoms with Gasteiger partial charge in [0.15, 0.2) is 0 Å². The molecule has 0 aromatic heterocycles. The Morgan fingerprint density at radius 3 is 3.00 bits per heavy atom. The maximum absolute atomic E-state index is 12.0. The van der Waals surface area contributed by atoms with E-state index in [-0.39, 0.29) is 16.9 Å². The van der Waals surface area contributed by atoms with Crippen molar-refractivity contribution < 1.29 is 9.53 Å². The number of fused-ring (bicyclic) bond motifs is 2. The molecule has 0 bridgehead atoms. The van der Waals surface area contributed by atoms with Gasteiger partial charge in [0.2, 0.25) is 0 Å². The second-order valence-electron chi connectivity index (χ2n) is 5.20. The molecule has 1 saturated heterocycles. The predicted molar refractivity (Wildman–Crippen MR) is 70.8 cm³/mol. The number of amides is 2. The van der Waals surface area contributed by atoms with Crippen molar-refractivity contribution in [3.63, 3.8) is 0 Å². The first-order valence-electron chi connectivity index (χ1n) is 5.94. The molecule has 2 heterocycles. The van der Waals surface area contributed by atoms with Gasteiger partial charge in [0.1, 0.15) is 11.1 Å². The van der Waals surface area contributed by atoms with E-state index in [0.29, 0.717) is 6.54 Å². The Bertz CT molecular complexity index is 516. The number of benzene rings is 1. The summed E-state index contributed by atoms with van der Waals surface area (Å²) in [5, 5.41) is 3.15. The average Bonchev–Trinajstić information content (AvgIpc) is 2.57. The highest BCUT2D eigenvalue weighted by molar-refractivity contribution is 8.00. The van der Waals surface area contributed by atoms with Crippen LogP contribution in [0.25, 0.3) is 0 Å². The molecule has 1 atom stereocenters. The fourth-order valence-electron chi connectivity index (χ4n) is 2.55. The van der Waals surface area contributed by atoms with E-state index in [0.717, 1.165) is 16.2 Å². The number of nitrogens with zero attached hydrogens (tertiary/aromatic N) is 1. The quantitative estimate of drug-likeness (QED) is 0.847. The number of methoxy groups -OCH3 is 1. The van der Waals surface area contributed by atoms with Crippen LogP contribution in [-0.2, 0) is 6.54 Å². The van der Waals surface area contributed by atoms with Gasteiger partial charge in [0.05, 0.1) is 17.5 Å². The molecular formula is C13H16N2O2S. The van der Waals surface area contributed by atoms with Crippen LogP contribution in [-0.4, -0.2) is 29.0 Å². The summed E-state index contributed by atoms with van der Waals surface area (Å²) < 4.78 is 5.41. The third-order valence-corrected chi connectivity index (χ3v) is 5.21. The molecule has 0 saturated carbocycles. The Hall–Kier alpha value is -1.36. The lowest BCUT2D eigenvalue weighted by molar-refractivity contribution is 0.210. The van der Waals surface area contributed by atoms with Crippen LogP contribution in [0.4, 0.5) is 4.79 Å². The van der Waals surface area contributed by atoms with Gasteiger partial charge < -0.3 is 15.0 Å². The number of carbonyl (C=O) groups is 1. The van der Waals surface area contributed by atoms with Crippen molar-refractivity contribution in [3.05, 3.63) is 23.8 Å². The fourth-order valence-corrected chi connectivity index (χ4v) is 3.97. The maximum Gasteiger partial charge on any atom is 0.319 e. The van der Waals surface area contributed by atoms with E-state index < -0.39 is 0 Å². The van der Waals surface area contributed by atoms with Crippen LogP contribution in [0.1, 0.15) is 19.4 Å². The second-order valence-corrected chi connectivity index (χ2v) is 6.29. The van der Waals surface area contributed by atoms with Gasteiger partial charge in [-0.25, -0.2) is 4.79 Å². The molecule has 1 fully saturated rings. The van der Waals surface area contributed by atoms with Crippen molar-refractivity contribution in [3.8, 4) is 5.75 Å². The van der Waals surface area contributed by atoms with E-state index in [1.165, 1.54) is 0 Å². The highest BCUT2D eigenvalue weighted by Gasteiger charge is 2.48. The Morgan fingerprint density at radius 1 is 1.50 bits per heavy atom. The molecule has 1 aromatic carbocycles. The highest BCUT2D eigenvalue weighted by atomic mass is 32.2. The molecule has 2 aliphatic rings. The van der Waals surface area contributed by atoms with Crippen LogP contribution >= 0.6 is 11.8 Å². The number of urea groups is 1. The Kier molecular flexibility index (Phi) is 2.48. The van der Waals surface area contributed by atoms with Gasteiger partial charge in [-0.05, 0) is 25.5 Å². The number of nitrogens with one attached hydrogen (secondary N) is 1. The number of carbonyl (C=O) groups excluding carboxylic acids is 1. The summed E-state index contributed by atoms with van der Waals surface area (Å²) in [6.45, 7) is 4.77. The molecule has 1 unspecified atom stereocenters. The second kappa shape index (κ2) is 3.82. The van der Waals surface area contributed by atoms with E-state index >= 15 is 0 Å². The van der Waals surface area contributed by atoms with Gasteiger partial charge in [-0.2, -0.15) is 0 Å². The summed E-state index contributed by atoms with van der Waals surface area (Å²) in [6, 6.07) is 6.02. The first kappa shape index (κ1) is 11.7. The van der Waals surface area contributed by atoms with Crippen LogP contribution in [0, 0.1) is 0 Å². The van der Waals surface area contributed by atoms with Crippen molar-refractivity contribution in [1.82, 2.24) is 10.2 Å². The number of thioether (sulfide) groups is 1. The molecule has 18 heavy (non-hydrogen) atoms. The van der Waals surface area contributed by atoms with Gasteiger partial charge in [0.25, 0.3) is 0 Å². The lowest BCUT2D eigenvalue weighted by Crippen LogP contribution is -2.43. The molecular weight excluding hydrogens is 248 g/mol. The van der Waals surface area contributed by atoms with Gasteiger partial charge in [-0.1, -0.05) is 23.9 Å². The molecule has 3 rings (SSSR count). The van der Waals surface area contributed by atoms with Crippen molar-refractivity contribution >= 4 is 17.8 Å². The van der Waals surface area contributed by atoms with E-state index in [2.05, 4.69) is 25.2 Å². The topological polar surface area (TPSA) is 41.6 Å². The number of hydrogen-bond acceptors (Lipinski definition) is 3. The number of ether oxygens (including phenoxy) is 1. The van der Waals surface area contributed by atoms with Crippen molar-refractivity contribution in [2.24, 2.45) is 0 Å². The smallest absolute Gasteiger partial charge is 0.319 e. The lowest BCUT2D eigenvalue weighted by atomic mass is 10.1. The molecule has 2 amide bonds. The first-order chi connectivity index (χ1) is 8.53. The van der Waals surface area contributed by atoms with Gasteiger partial charge in [-0.3, -0.25) is 0 Å². The molecule has 5 heteroatoms. The highest BCUT2D eigenvalue weighted by Crippen LogP contribution is 2.46. The van der Waals surface area contributed by atoms with Gasteiger partial charge in [-0.15, -0.1) is 0 Å². The molecule has 1 aromatic rings. The number of rotatable bonds is 1. The van der Waals surface area contributed by atoms with Crippen LogP contribution in [0.3, 0.4) is 0 Å². The first-order valence-corrected chi connectivity index (χ1v) is 6.82. The summed E-state index contributed by atoms with van der Waals surface area (Å²) in [7, 11) is 1.69. The van der Waals surface area contributed by atoms with Crippen LogP contribution in [0.15, 0.2) is 23.1 Å². The molecule has 96 valence electrons. The summed E-state index contributed by atoms with van der Waals surface area (Å²) in [6.07, 6.45) is 0. The minimum Gasteiger partial charge on any atom is -0.496 e. The van der Waals surface area contributed by atoms with Crippen molar-refractivity contribution in [2.75, 3.05) is 7.11 Å². The predicted octanol–water partition coefficient (Wildman–Crippen LogP) is 2.43. The summed E-state index contributed by atoms with van der Waals surface area (Å²) in [4.78, 5) is 15.0. The Morgan fingerprint density at radius 2 is 2.28 bits per heavy atom. The zero-order valence-electron chi connectivity index (χ0n) is 10.7. The van der Waals surface area contributed by atoms with Crippen molar-refractivity contribution in [2.45, 2.75) is 36.2 Å². The van der Waals surface area contributed by atoms with Gasteiger partial charge >= 0.3 is 6.03 Å². The maximum atomic E-state index is 12.0. The molecule has 4 nitrogen and oxygen atoms in total. The van der Waals surface area contributed by atoms with Gasteiger partial charge in [0, 0.05) is 6.54 Å². The van der Waals surface area contributed by atoms with Crippen molar-refractivity contribution in [1.29, 1.82) is 0 Å². The SMILES string of the molecule is COc1cccc2c1SC1N(C2)C(=O)NC1(C)C. The van der Waals surface area contributed by atoms with Crippen LogP contribution < -0.4 is 10.1 Å². The normalized spacial score (nSPS) is 24.3. The standard InChI is InChI=1S/C13H16N2O2S/c1-13(2)11-15(12(16)14-13)7-8-5-4-6-9(17-3)10(8)18-11/h4-6,11H,7H2,1-3H3,(H,14,16). The molecule has 0 spiro atoms. The van der Waals surface area contributed by atoms with E-state index in [1.54, 1.807) is 18.9 Å². The molecule has 2 aliphatic heterocycles. The zero-order valence-corrected chi connectivity index (χ0v) is 11.5. The summed E-state index contributed by atoms with van der Waals surface area (Å²) in [5.41, 5.74) is 0.934. The minimum atomic E-state index is -0.222. The zero-order chi connectivity index (χ0) is 12.9. The fraction of sp³-hybridized carbons (Fsp3) is 0.462.